The molecule has 1 saturated carbocycles. The van der Waals surface area contributed by atoms with Crippen molar-refractivity contribution < 1.29 is 9.59 Å². The van der Waals surface area contributed by atoms with Crippen LogP contribution in [0.1, 0.15) is 53.2 Å². The van der Waals surface area contributed by atoms with Crippen LogP contribution in [0.15, 0.2) is 54.6 Å². The number of amides is 2. The molecule has 130 valence electrons. The van der Waals surface area contributed by atoms with Crippen LogP contribution in [0.2, 0.25) is 0 Å². The number of benzene rings is 2. The highest BCUT2D eigenvalue weighted by Gasteiger charge is 2.26. The monoisotopic (exact) mass is 336 g/mol. The molecule has 1 fully saturated rings. The third-order valence-corrected chi connectivity index (χ3v) is 4.69. The van der Waals surface area contributed by atoms with E-state index < -0.39 is 6.04 Å². The van der Waals surface area contributed by atoms with Gasteiger partial charge in [0.25, 0.3) is 5.91 Å². The quantitative estimate of drug-likeness (QED) is 0.877. The second-order valence-corrected chi connectivity index (χ2v) is 6.67. The molecular formula is C21H24N2O2. The van der Waals surface area contributed by atoms with E-state index >= 15 is 0 Å². The Bertz CT molecular complexity index is 719. The molecule has 2 aromatic rings. The number of aryl methyl sites for hydroxylation is 1. The fraction of sp³-hybridized carbons (Fsp3) is 0.333. The molecule has 1 aliphatic rings. The van der Waals surface area contributed by atoms with Gasteiger partial charge >= 0.3 is 0 Å². The summed E-state index contributed by atoms with van der Waals surface area (Å²) >= 11 is 0. The summed E-state index contributed by atoms with van der Waals surface area (Å²) in [5.41, 5.74) is 2.44. The molecule has 2 aromatic carbocycles. The van der Waals surface area contributed by atoms with Crippen molar-refractivity contribution in [3.63, 3.8) is 0 Å². The first-order chi connectivity index (χ1) is 12.1. The van der Waals surface area contributed by atoms with Gasteiger partial charge in [0.1, 0.15) is 6.04 Å². The summed E-state index contributed by atoms with van der Waals surface area (Å²) in [7, 11) is 0. The van der Waals surface area contributed by atoms with Crippen molar-refractivity contribution >= 4 is 11.8 Å². The zero-order valence-corrected chi connectivity index (χ0v) is 14.5. The Morgan fingerprint density at radius 3 is 2.24 bits per heavy atom. The molecule has 25 heavy (non-hydrogen) atoms. The maximum Gasteiger partial charge on any atom is 0.252 e. The summed E-state index contributed by atoms with van der Waals surface area (Å²) in [4.78, 5) is 25.4. The molecule has 1 aliphatic carbocycles. The number of carbonyl (C=O) groups excluding carboxylic acids is 2. The molecule has 0 heterocycles. The third kappa shape index (κ3) is 4.47. The number of hydrogen-bond donors (Lipinski definition) is 2. The number of nitrogens with one attached hydrogen (secondary N) is 2. The Hall–Kier alpha value is -2.62. The summed E-state index contributed by atoms with van der Waals surface area (Å²) in [6.45, 7) is 1.98. The Balaban J connectivity index is 1.77. The van der Waals surface area contributed by atoms with E-state index in [0.717, 1.165) is 36.8 Å². The van der Waals surface area contributed by atoms with E-state index in [1.807, 2.05) is 49.4 Å². The fourth-order valence-corrected chi connectivity index (χ4v) is 3.22. The van der Waals surface area contributed by atoms with Gasteiger partial charge in [-0.05, 0) is 37.5 Å². The van der Waals surface area contributed by atoms with Crippen LogP contribution >= 0.6 is 0 Å². The lowest BCUT2D eigenvalue weighted by atomic mass is 10.0. The largest absolute Gasteiger partial charge is 0.351 e. The van der Waals surface area contributed by atoms with Crippen LogP contribution in [0.3, 0.4) is 0 Å². The van der Waals surface area contributed by atoms with E-state index in [-0.39, 0.29) is 17.9 Å². The van der Waals surface area contributed by atoms with Crippen LogP contribution < -0.4 is 10.6 Å². The second kappa shape index (κ2) is 7.97. The number of rotatable bonds is 5. The molecule has 0 aromatic heterocycles. The molecule has 3 rings (SSSR count). The minimum absolute atomic E-state index is 0.140. The van der Waals surface area contributed by atoms with Crippen LogP contribution in [-0.4, -0.2) is 17.9 Å². The minimum atomic E-state index is -0.685. The summed E-state index contributed by atoms with van der Waals surface area (Å²) in [5.74, 6) is -0.381. The van der Waals surface area contributed by atoms with Crippen molar-refractivity contribution in [3.8, 4) is 0 Å². The SMILES string of the molecule is Cc1ccc(C(=O)N[C@@H](C(=O)NC2CCCC2)c2ccccc2)cc1. The highest BCUT2D eigenvalue weighted by atomic mass is 16.2. The van der Waals surface area contributed by atoms with E-state index in [1.165, 1.54) is 0 Å². The van der Waals surface area contributed by atoms with Crippen LogP contribution in [-0.2, 0) is 4.79 Å². The zero-order chi connectivity index (χ0) is 17.6. The van der Waals surface area contributed by atoms with Crippen molar-refractivity contribution in [3.05, 3.63) is 71.3 Å². The van der Waals surface area contributed by atoms with Gasteiger partial charge in [-0.15, -0.1) is 0 Å². The van der Waals surface area contributed by atoms with Crippen molar-refractivity contribution in [2.45, 2.75) is 44.7 Å². The van der Waals surface area contributed by atoms with Crippen molar-refractivity contribution in [1.29, 1.82) is 0 Å². The maximum absolute atomic E-state index is 12.8. The second-order valence-electron chi connectivity index (χ2n) is 6.67. The average Bonchev–Trinajstić information content (AvgIpc) is 3.13. The van der Waals surface area contributed by atoms with Crippen LogP contribution in [0.5, 0.6) is 0 Å². The molecule has 1 atom stereocenters. The summed E-state index contributed by atoms with van der Waals surface area (Å²) in [5, 5.41) is 5.98. The van der Waals surface area contributed by atoms with Crippen LogP contribution in [0.25, 0.3) is 0 Å². The van der Waals surface area contributed by atoms with Crippen LogP contribution in [0, 0.1) is 6.92 Å². The lowest BCUT2D eigenvalue weighted by Gasteiger charge is -2.21. The van der Waals surface area contributed by atoms with Gasteiger partial charge in [0.05, 0.1) is 0 Å². The lowest BCUT2D eigenvalue weighted by molar-refractivity contribution is -0.123. The highest BCUT2D eigenvalue weighted by Crippen LogP contribution is 2.20. The average molecular weight is 336 g/mol. The molecule has 4 heteroatoms. The van der Waals surface area contributed by atoms with E-state index in [1.54, 1.807) is 12.1 Å². The van der Waals surface area contributed by atoms with E-state index in [9.17, 15) is 9.59 Å². The first-order valence-electron chi connectivity index (χ1n) is 8.86. The molecule has 0 unspecified atom stereocenters. The lowest BCUT2D eigenvalue weighted by Crippen LogP contribution is -2.43. The predicted octanol–water partition coefficient (Wildman–Crippen LogP) is 3.52. The molecule has 0 saturated heterocycles. The predicted molar refractivity (Wildman–Crippen MR) is 98.2 cm³/mol. The van der Waals surface area contributed by atoms with Gasteiger partial charge in [0, 0.05) is 11.6 Å². The molecular weight excluding hydrogens is 312 g/mol. The van der Waals surface area contributed by atoms with Gasteiger partial charge < -0.3 is 10.6 Å². The van der Waals surface area contributed by atoms with Crippen molar-refractivity contribution in [1.82, 2.24) is 10.6 Å². The van der Waals surface area contributed by atoms with Gasteiger partial charge in [0.15, 0.2) is 0 Å². The summed E-state index contributed by atoms with van der Waals surface area (Å²) in [6.07, 6.45) is 4.33. The molecule has 2 amide bonds. The molecule has 0 spiro atoms. The number of carbonyl (C=O) groups is 2. The number of hydrogen-bond acceptors (Lipinski definition) is 2. The third-order valence-electron chi connectivity index (χ3n) is 4.69. The first kappa shape index (κ1) is 17.2. The fourth-order valence-electron chi connectivity index (χ4n) is 3.22. The normalized spacial score (nSPS) is 15.6. The maximum atomic E-state index is 12.8. The van der Waals surface area contributed by atoms with Gasteiger partial charge in [-0.2, -0.15) is 0 Å². The van der Waals surface area contributed by atoms with E-state index in [4.69, 9.17) is 0 Å². The highest BCUT2D eigenvalue weighted by molar-refractivity contribution is 5.97. The Morgan fingerprint density at radius 1 is 0.960 bits per heavy atom. The molecule has 2 N–H and O–H groups in total. The van der Waals surface area contributed by atoms with Gasteiger partial charge in [-0.1, -0.05) is 60.9 Å². The van der Waals surface area contributed by atoms with Crippen LogP contribution in [0.4, 0.5) is 0 Å². The van der Waals surface area contributed by atoms with E-state index in [2.05, 4.69) is 10.6 Å². The molecule has 0 bridgehead atoms. The summed E-state index contributed by atoms with van der Waals surface area (Å²) in [6, 6.07) is 16.3. The van der Waals surface area contributed by atoms with Gasteiger partial charge in [-0.3, -0.25) is 9.59 Å². The first-order valence-corrected chi connectivity index (χ1v) is 8.86. The van der Waals surface area contributed by atoms with Crippen molar-refractivity contribution in [2.24, 2.45) is 0 Å². The molecule has 0 aliphatic heterocycles. The smallest absolute Gasteiger partial charge is 0.252 e. The Kier molecular flexibility index (Phi) is 5.49. The van der Waals surface area contributed by atoms with Gasteiger partial charge in [0.2, 0.25) is 5.91 Å². The molecule has 0 radical (unpaired) electrons. The summed E-state index contributed by atoms with van der Waals surface area (Å²) < 4.78 is 0. The zero-order valence-electron chi connectivity index (χ0n) is 14.5. The Morgan fingerprint density at radius 2 is 1.60 bits per heavy atom. The van der Waals surface area contributed by atoms with Gasteiger partial charge in [-0.25, -0.2) is 0 Å². The Labute approximate surface area is 148 Å². The van der Waals surface area contributed by atoms with Crippen molar-refractivity contribution in [2.75, 3.05) is 0 Å². The standard InChI is InChI=1S/C21H24N2O2/c1-15-11-13-17(14-12-15)20(24)23-19(16-7-3-2-4-8-16)21(25)22-18-9-5-6-10-18/h2-4,7-8,11-14,18-19H,5-6,9-10H2,1H3,(H,22,25)(H,23,24)/t19-/m1/s1. The minimum Gasteiger partial charge on any atom is -0.351 e. The topological polar surface area (TPSA) is 58.2 Å². The molecule has 4 nitrogen and oxygen atoms in total. The van der Waals surface area contributed by atoms with E-state index in [0.29, 0.717) is 5.56 Å².